The van der Waals surface area contributed by atoms with Crippen LogP contribution in [-0.2, 0) is 4.74 Å². The fourth-order valence-corrected chi connectivity index (χ4v) is 3.14. The molecule has 0 aromatic heterocycles. The van der Waals surface area contributed by atoms with Crippen LogP contribution in [0.5, 0.6) is 0 Å². The fraction of sp³-hybridized carbons (Fsp3) is 1.00. The van der Waals surface area contributed by atoms with Crippen LogP contribution >= 0.6 is 0 Å². The van der Waals surface area contributed by atoms with E-state index in [4.69, 9.17) is 10.5 Å². The van der Waals surface area contributed by atoms with E-state index in [2.05, 4.69) is 6.92 Å². The molecule has 0 amide bonds. The fourth-order valence-electron chi connectivity index (χ4n) is 3.14. The smallest absolute Gasteiger partial charge is 0.0621 e. The van der Waals surface area contributed by atoms with Gasteiger partial charge in [-0.3, -0.25) is 0 Å². The Labute approximate surface area is 99.9 Å². The van der Waals surface area contributed by atoms with Crippen LogP contribution in [0.3, 0.4) is 0 Å². The lowest BCUT2D eigenvalue weighted by atomic mass is 9.77. The van der Waals surface area contributed by atoms with Crippen molar-refractivity contribution in [1.82, 2.24) is 0 Å². The summed E-state index contributed by atoms with van der Waals surface area (Å²) in [6.45, 7) is 3.10. The number of nitrogens with two attached hydrogens (primary N) is 1. The molecule has 16 heavy (non-hydrogen) atoms. The molecular formula is C14H27NO. The van der Waals surface area contributed by atoms with Crippen molar-refractivity contribution in [2.24, 2.45) is 17.6 Å². The van der Waals surface area contributed by atoms with Gasteiger partial charge in [-0.1, -0.05) is 19.8 Å². The van der Waals surface area contributed by atoms with E-state index >= 15 is 0 Å². The SMILES string of the molecule is CCCC1CCC(CN)C(OC2CCC2)C1. The molecule has 2 aliphatic rings. The molecule has 0 radical (unpaired) electrons. The van der Waals surface area contributed by atoms with Crippen molar-refractivity contribution in [1.29, 1.82) is 0 Å². The zero-order valence-electron chi connectivity index (χ0n) is 10.7. The highest BCUT2D eigenvalue weighted by Gasteiger charge is 2.33. The van der Waals surface area contributed by atoms with Crippen LogP contribution in [0.2, 0.25) is 0 Å². The van der Waals surface area contributed by atoms with Crippen LogP contribution in [-0.4, -0.2) is 18.8 Å². The standard InChI is InChI=1S/C14H27NO/c1-2-4-11-7-8-12(10-15)14(9-11)16-13-5-3-6-13/h11-14H,2-10,15H2,1H3. The first-order valence-electron chi connectivity index (χ1n) is 7.19. The summed E-state index contributed by atoms with van der Waals surface area (Å²) >= 11 is 0. The second kappa shape index (κ2) is 6.02. The van der Waals surface area contributed by atoms with Crippen molar-refractivity contribution in [3.63, 3.8) is 0 Å². The second-order valence-corrected chi connectivity index (χ2v) is 5.69. The summed E-state index contributed by atoms with van der Waals surface area (Å²) in [5.74, 6) is 1.53. The summed E-state index contributed by atoms with van der Waals surface area (Å²) in [5, 5.41) is 0. The molecule has 2 fully saturated rings. The van der Waals surface area contributed by atoms with Crippen molar-refractivity contribution < 1.29 is 4.74 Å². The van der Waals surface area contributed by atoms with Gasteiger partial charge in [-0.15, -0.1) is 0 Å². The molecule has 0 aromatic carbocycles. The van der Waals surface area contributed by atoms with Gasteiger partial charge in [-0.05, 0) is 56.9 Å². The summed E-state index contributed by atoms with van der Waals surface area (Å²) in [6.07, 6.45) is 11.6. The Morgan fingerprint density at radius 1 is 1.19 bits per heavy atom. The van der Waals surface area contributed by atoms with Gasteiger partial charge < -0.3 is 10.5 Å². The second-order valence-electron chi connectivity index (χ2n) is 5.69. The molecule has 2 heteroatoms. The van der Waals surface area contributed by atoms with Crippen LogP contribution in [0, 0.1) is 11.8 Å². The van der Waals surface area contributed by atoms with E-state index in [0.717, 1.165) is 12.5 Å². The number of ether oxygens (including phenoxy) is 1. The topological polar surface area (TPSA) is 35.2 Å². The molecule has 0 aromatic rings. The monoisotopic (exact) mass is 225 g/mol. The Morgan fingerprint density at radius 2 is 2.00 bits per heavy atom. The molecule has 2 rings (SSSR count). The predicted molar refractivity (Wildman–Crippen MR) is 67.3 cm³/mol. The van der Waals surface area contributed by atoms with Crippen LogP contribution < -0.4 is 5.73 Å². The third-order valence-corrected chi connectivity index (χ3v) is 4.46. The van der Waals surface area contributed by atoms with E-state index in [1.54, 1.807) is 0 Å². The highest BCUT2D eigenvalue weighted by atomic mass is 16.5. The highest BCUT2D eigenvalue weighted by molar-refractivity contribution is 4.83. The van der Waals surface area contributed by atoms with Gasteiger partial charge in [-0.25, -0.2) is 0 Å². The molecular weight excluding hydrogens is 198 g/mol. The Balaban J connectivity index is 1.83. The molecule has 0 saturated heterocycles. The molecule has 2 aliphatic carbocycles. The maximum absolute atomic E-state index is 6.23. The predicted octanol–water partition coefficient (Wildman–Crippen LogP) is 3.10. The summed E-state index contributed by atoms with van der Waals surface area (Å²) in [7, 11) is 0. The molecule has 2 N–H and O–H groups in total. The lowest BCUT2D eigenvalue weighted by Gasteiger charge is -2.39. The minimum Gasteiger partial charge on any atom is -0.375 e. The summed E-state index contributed by atoms with van der Waals surface area (Å²) in [4.78, 5) is 0. The van der Waals surface area contributed by atoms with Gasteiger partial charge in [0.25, 0.3) is 0 Å². The average molecular weight is 225 g/mol. The van der Waals surface area contributed by atoms with Gasteiger partial charge in [0.1, 0.15) is 0 Å². The van der Waals surface area contributed by atoms with E-state index in [-0.39, 0.29) is 0 Å². The Bertz CT molecular complexity index is 203. The lowest BCUT2D eigenvalue weighted by Crippen LogP contribution is -2.40. The van der Waals surface area contributed by atoms with E-state index in [1.165, 1.54) is 51.4 Å². The molecule has 0 bridgehead atoms. The van der Waals surface area contributed by atoms with Crippen molar-refractivity contribution in [2.75, 3.05) is 6.54 Å². The maximum Gasteiger partial charge on any atom is 0.0621 e. The first-order valence-corrected chi connectivity index (χ1v) is 7.19. The molecule has 3 atom stereocenters. The molecule has 2 saturated carbocycles. The number of hydrogen-bond donors (Lipinski definition) is 1. The van der Waals surface area contributed by atoms with Crippen molar-refractivity contribution >= 4 is 0 Å². The normalized spacial score (nSPS) is 36.0. The summed E-state index contributed by atoms with van der Waals surface area (Å²) in [5.41, 5.74) is 5.87. The quantitative estimate of drug-likeness (QED) is 0.780. The minimum absolute atomic E-state index is 0.473. The Kier molecular flexibility index (Phi) is 4.66. The van der Waals surface area contributed by atoms with Gasteiger partial charge in [-0.2, -0.15) is 0 Å². The molecule has 3 unspecified atom stereocenters. The highest BCUT2D eigenvalue weighted by Crippen LogP contribution is 2.36. The molecule has 0 aliphatic heterocycles. The molecule has 94 valence electrons. The van der Waals surface area contributed by atoms with Gasteiger partial charge in [0, 0.05) is 0 Å². The summed E-state index contributed by atoms with van der Waals surface area (Å²) in [6, 6.07) is 0. The summed E-state index contributed by atoms with van der Waals surface area (Å²) < 4.78 is 6.23. The Hall–Kier alpha value is -0.0800. The van der Waals surface area contributed by atoms with Crippen LogP contribution in [0.1, 0.15) is 58.3 Å². The Morgan fingerprint density at radius 3 is 2.56 bits per heavy atom. The zero-order chi connectivity index (χ0) is 11.4. The molecule has 2 nitrogen and oxygen atoms in total. The van der Waals surface area contributed by atoms with Gasteiger partial charge >= 0.3 is 0 Å². The van der Waals surface area contributed by atoms with E-state index in [9.17, 15) is 0 Å². The van der Waals surface area contributed by atoms with Crippen molar-refractivity contribution in [3.8, 4) is 0 Å². The van der Waals surface area contributed by atoms with E-state index < -0.39 is 0 Å². The number of hydrogen-bond acceptors (Lipinski definition) is 2. The van der Waals surface area contributed by atoms with Crippen molar-refractivity contribution in [2.45, 2.75) is 70.5 Å². The molecule has 0 heterocycles. The van der Waals surface area contributed by atoms with E-state index in [1.807, 2.05) is 0 Å². The lowest BCUT2D eigenvalue weighted by molar-refractivity contribution is -0.0965. The third-order valence-electron chi connectivity index (χ3n) is 4.46. The largest absolute Gasteiger partial charge is 0.375 e. The van der Waals surface area contributed by atoms with Crippen LogP contribution in [0.25, 0.3) is 0 Å². The van der Waals surface area contributed by atoms with Crippen molar-refractivity contribution in [3.05, 3.63) is 0 Å². The average Bonchev–Trinajstić information content (AvgIpc) is 2.24. The van der Waals surface area contributed by atoms with Crippen LogP contribution in [0.15, 0.2) is 0 Å². The van der Waals surface area contributed by atoms with Gasteiger partial charge in [0.15, 0.2) is 0 Å². The third kappa shape index (κ3) is 2.98. The first kappa shape index (κ1) is 12.4. The van der Waals surface area contributed by atoms with Gasteiger partial charge in [0.05, 0.1) is 12.2 Å². The minimum atomic E-state index is 0.473. The molecule has 0 spiro atoms. The van der Waals surface area contributed by atoms with Gasteiger partial charge in [0.2, 0.25) is 0 Å². The van der Waals surface area contributed by atoms with Crippen LogP contribution in [0.4, 0.5) is 0 Å². The zero-order valence-corrected chi connectivity index (χ0v) is 10.7. The maximum atomic E-state index is 6.23. The van der Waals surface area contributed by atoms with E-state index in [0.29, 0.717) is 18.1 Å². The first-order chi connectivity index (χ1) is 7.83. The number of rotatable bonds is 5.